The van der Waals surface area contributed by atoms with Crippen molar-refractivity contribution in [2.45, 2.75) is 0 Å². The maximum atomic E-state index is 3.66. The van der Waals surface area contributed by atoms with Gasteiger partial charge in [0.2, 0.25) is 0 Å². The number of hydrogen-bond acceptors (Lipinski definition) is 0. The average Bonchev–Trinajstić information content (AvgIpc) is 0.592. The Morgan fingerprint density at radius 1 is 0.571 bits per heavy atom. The Balaban J connectivity index is 8.86. The van der Waals surface area contributed by atoms with Crippen molar-refractivity contribution in [1.29, 1.82) is 0 Å². The van der Waals surface area contributed by atoms with Gasteiger partial charge in [0.1, 0.15) is 0 Å². The van der Waals surface area contributed by atoms with Crippen molar-refractivity contribution in [2.24, 2.45) is 0 Å². The summed E-state index contributed by atoms with van der Waals surface area (Å²) in [4.78, 5) is 0. The summed E-state index contributed by atoms with van der Waals surface area (Å²) in [5, 5.41) is 0. The zero-order chi connectivity index (χ0) is 6.41. The van der Waals surface area contributed by atoms with Crippen LogP contribution in [-0.2, 0) is 11.7 Å². The third-order valence-electron chi connectivity index (χ3n) is 0. The number of hydrogen-bond donors (Lipinski definition) is 0. The molecule has 1 heteroatoms. The SMILES string of the molecule is [CH2]=[Au](=[CH2])(=[CH2])(=[CH2])(=[CH2])=[CH2]. The Bertz CT molecular complexity index is 432. The molecule has 0 aromatic rings. The van der Waals surface area contributed by atoms with E-state index in [0.29, 0.717) is 0 Å². The second-order valence-corrected chi connectivity index (χ2v) is 18.5. The van der Waals surface area contributed by atoms with Crippen LogP contribution in [0.25, 0.3) is 0 Å². The van der Waals surface area contributed by atoms with Gasteiger partial charge in [-0.3, -0.25) is 0 Å². The quantitative estimate of drug-likeness (QED) is 0.540. The van der Waals surface area contributed by atoms with E-state index in [1.807, 2.05) is 0 Å². The van der Waals surface area contributed by atoms with Crippen molar-refractivity contribution >= 4 is 28.4 Å². The van der Waals surface area contributed by atoms with Gasteiger partial charge in [0.05, 0.1) is 0 Å². The van der Waals surface area contributed by atoms with E-state index in [2.05, 4.69) is 28.4 Å². The molecule has 0 N–H and O–H groups in total. The van der Waals surface area contributed by atoms with E-state index in [1.165, 1.54) is 0 Å². The third-order valence-corrected chi connectivity index (χ3v) is 0. The van der Waals surface area contributed by atoms with Crippen LogP contribution in [0.15, 0.2) is 0 Å². The van der Waals surface area contributed by atoms with Gasteiger partial charge in [0, 0.05) is 0 Å². The van der Waals surface area contributed by atoms with Crippen LogP contribution < -0.4 is 0 Å². The molecule has 0 fully saturated rings. The predicted molar refractivity (Wildman–Crippen MR) is 42.7 cm³/mol. The van der Waals surface area contributed by atoms with Crippen LogP contribution in [0.3, 0.4) is 0 Å². The van der Waals surface area contributed by atoms with Gasteiger partial charge in [-0.05, 0) is 0 Å². The molecular formula is C6H12Au. The van der Waals surface area contributed by atoms with Gasteiger partial charge in [0.25, 0.3) is 0 Å². The van der Waals surface area contributed by atoms with Crippen LogP contribution in [0.5, 0.6) is 0 Å². The van der Waals surface area contributed by atoms with Crippen LogP contribution in [0.4, 0.5) is 0 Å². The normalized spacial score (nSPS) is 22.3. The Labute approximate surface area is 40.4 Å². The second kappa shape index (κ2) is 0.655. The van der Waals surface area contributed by atoms with Gasteiger partial charge in [0.15, 0.2) is 0 Å². The van der Waals surface area contributed by atoms with Crippen LogP contribution in [0, 0.1) is 0 Å². The molecule has 0 rings (SSSR count). The monoisotopic (exact) mass is 281 g/mol. The van der Waals surface area contributed by atoms with E-state index in [0.717, 1.165) is 0 Å². The summed E-state index contributed by atoms with van der Waals surface area (Å²) >= 11 is -3.57. The van der Waals surface area contributed by atoms with Gasteiger partial charge in [-0.1, -0.05) is 0 Å². The fourth-order valence-corrected chi connectivity index (χ4v) is 0. The molecule has 0 radical (unpaired) electrons. The van der Waals surface area contributed by atoms with Gasteiger partial charge >= 0.3 is 40.1 Å². The van der Waals surface area contributed by atoms with Crippen LogP contribution in [-0.4, -0.2) is 28.4 Å². The summed E-state index contributed by atoms with van der Waals surface area (Å²) < 4.78 is 21.9. The Morgan fingerprint density at radius 2 is 0.571 bits per heavy atom. The third kappa shape index (κ3) is 59200. The maximum absolute atomic E-state index is 3.66. The zero-order valence-corrected chi connectivity index (χ0v) is 6.71. The minimum absolute atomic E-state index is 3.57. The average molecular weight is 281 g/mol. The first kappa shape index (κ1) is 6.96. The fourth-order valence-electron chi connectivity index (χ4n) is 0. The van der Waals surface area contributed by atoms with Crippen molar-refractivity contribution in [1.82, 2.24) is 0 Å². The molecule has 0 bridgehead atoms. The summed E-state index contributed by atoms with van der Waals surface area (Å²) in [5.41, 5.74) is 0. The van der Waals surface area contributed by atoms with Crippen molar-refractivity contribution in [3.8, 4) is 0 Å². The standard InChI is InChI=1S/6CH2.Au/h6*1H2;. The summed E-state index contributed by atoms with van der Waals surface area (Å²) in [5.74, 6) is 0. The summed E-state index contributed by atoms with van der Waals surface area (Å²) in [7, 11) is 0. The molecular weight excluding hydrogens is 269 g/mol. The van der Waals surface area contributed by atoms with E-state index in [-0.39, 0.29) is 0 Å². The van der Waals surface area contributed by atoms with Crippen molar-refractivity contribution < 1.29 is 11.7 Å². The van der Waals surface area contributed by atoms with Crippen molar-refractivity contribution in [3.63, 3.8) is 0 Å². The second-order valence-electron chi connectivity index (χ2n) is 2.26. The van der Waals surface area contributed by atoms with Gasteiger partial charge in [-0.15, -0.1) is 0 Å². The van der Waals surface area contributed by atoms with E-state index in [9.17, 15) is 0 Å². The molecule has 0 amide bonds. The molecule has 0 heterocycles. The molecule has 0 saturated carbocycles. The van der Waals surface area contributed by atoms with Crippen LogP contribution >= 0.6 is 0 Å². The van der Waals surface area contributed by atoms with Gasteiger partial charge in [-0.2, -0.15) is 0 Å². The molecule has 0 saturated heterocycles. The van der Waals surface area contributed by atoms with Crippen LogP contribution in [0.1, 0.15) is 0 Å². The molecule has 0 aliphatic carbocycles. The van der Waals surface area contributed by atoms with Crippen molar-refractivity contribution in [3.05, 3.63) is 0 Å². The molecule has 0 aromatic heterocycles. The van der Waals surface area contributed by atoms with Gasteiger partial charge < -0.3 is 0 Å². The van der Waals surface area contributed by atoms with E-state index >= 15 is 0 Å². The summed E-state index contributed by atoms with van der Waals surface area (Å²) in [6.07, 6.45) is 0. The van der Waals surface area contributed by atoms with Crippen molar-refractivity contribution in [2.75, 3.05) is 0 Å². The first-order valence-corrected chi connectivity index (χ1v) is 10.5. The first-order chi connectivity index (χ1) is 2.45. The molecule has 7 heavy (non-hydrogen) atoms. The first-order valence-electron chi connectivity index (χ1n) is 1.28. The Morgan fingerprint density at radius 3 is 0.571 bits per heavy atom. The fraction of sp³-hybridized carbons (Fsp3) is 0. The van der Waals surface area contributed by atoms with E-state index in [4.69, 9.17) is 0 Å². The molecule has 0 aliphatic heterocycles. The molecule has 0 atom stereocenters. The molecule has 0 unspecified atom stereocenters. The minimum atomic E-state index is -3.57. The van der Waals surface area contributed by atoms with E-state index < -0.39 is 11.7 Å². The topological polar surface area (TPSA) is 0 Å². The molecule has 47 valence electrons. The summed E-state index contributed by atoms with van der Waals surface area (Å²) in [6.45, 7) is 0. The van der Waals surface area contributed by atoms with Crippen LogP contribution in [0.2, 0.25) is 0 Å². The Hall–Kier alpha value is -0.0397. The number of rotatable bonds is 0. The molecule has 0 spiro atoms. The zero-order valence-electron chi connectivity index (χ0n) is 4.54. The molecule has 0 aromatic carbocycles. The predicted octanol–water partition coefficient (Wildman–Crippen LogP) is -0.196. The van der Waals surface area contributed by atoms with Gasteiger partial charge in [-0.25, -0.2) is 0 Å². The Kier molecular flexibility index (Phi) is 0.652. The van der Waals surface area contributed by atoms with E-state index in [1.54, 1.807) is 0 Å². The molecule has 0 aliphatic rings. The summed E-state index contributed by atoms with van der Waals surface area (Å²) in [6, 6.07) is 0. The molecule has 0 nitrogen and oxygen atoms in total.